The van der Waals surface area contributed by atoms with Gasteiger partial charge in [0.15, 0.2) is 15.7 Å². The molecule has 42 heavy (non-hydrogen) atoms. The molecule has 0 aliphatic heterocycles. The van der Waals surface area contributed by atoms with Gasteiger partial charge in [0.1, 0.15) is 16.4 Å². The molecular weight excluding hydrogens is 595 g/mol. The van der Waals surface area contributed by atoms with Crippen molar-refractivity contribution in [3.05, 3.63) is 77.4 Å². The maximum Gasteiger partial charge on any atom is 0.240 e. The van der Waals surface area contributed by atoms with E-state index in [1.165, 1.54) is 10.7 Å². The largest absolute Gasteiger partial charge is 0.497 e. The summed E-state index contributed by atoms with van der Waals surface area (Å²) < 4.78 is 65.8. The number of aromatic nitrogens is 4. The minimum atomic E-state index is -4.56. The van der Waals surface area contributed by atoms with E-state index in [-0.39, 0.29) is 35.0 Å². The Morgan fingerprint density at radius 2 is 1.40 bits per heavy atom. The standard InChI is InChI=1S/C28H35N5O6S2Si/c1-38-23-11-6-20(7-12-23)18-22-10-15-25(40(34,35)16-17-42(3,4)5)27(41(29,36)37)26(22)28-30-31-32-33(28)19-21-8-13-24(39-2)14-9-21/h6-15H,16-19H2,1-5H3,(H2,29,36,37). The van der Waals surface area contributed by atoms with Crippen molar-refractivity contribution in [3.8, 4) is 22.9 Å². The predicted molar refractivity (Wildman–Crippen MR) is 163 cm³/mol. The molecule has 0 fully saturated rings. The van der Waals surface area contributed by atoms with E-state index in [2.05, 4.69) is 35.2 Å². The summed E-state index contributed by atoms with van der Waals surface area (Å²) >= 11 is 0. The SMILES string of the molecule is COc1ccc(Cc2ccc(S(=O)(=O)CC[Si](C)(C)C)c(S(N)(=O)=O)c2-c2nnnn2Cc2ccc(OC)cc2)cc1. The minimum Gasteiger partial charge on any atom is -0.497 e. The molecular formula is C28H35N5O6S2Si. The van der Waals surface area contributed by atoms with Crippen LogP contribution in [0.4, 0.5) is 0 Å². The molecule has 1 heterocycles. The highest BCUT2D eigenvalue weighted by atomic mass is 32.2. The van der Waals surface area contributed by atoms with Crippen LogP contribution in [0.25, 0.3) is 11.4 Å². The van der Waals surface area contributed by atoms with Crippen LogP contribution in [0, 0.1) is 0 Å². The first kappa shape index (κ1) is 31.3. The fraction of sp³-hybridized carbons (Fsp3) is 0.321. The van der Waals surface area contributed by atoms with Gasteiger partial charge in [-0.05, 0) is 69.9 Å². The van der Waals surface area contributed by atoms with Gasteiger partial charge in [0.2, 0.25) is 10.0 Å². The number of nitrogens with zero attached hydrogens (tertiary/aromatic N) is 4. The number of hydrogen-bond acceptors (Lipinski definition) is 9. The second kappa shape index (κ2) is 12.3. The fourth-order valence-corrected chi connectivity index (χ4v) is 10.4. The maximum atomic E-state index is 13.7. The molecule has 1 aromatic heterocycles. The first-order chi connectivity index (χ1) is 19.7. The van der Waals surface area contributed by atoms with E-state index in [0.29, 0.717) is 23.1 Å². The first-order valence-corrected chi connectivity index (χ1v) is 20.1. The van der Waals surface area contributed by atoms with Gasteiger partial charge in [-0.1, -0.05) is 50.0 Å². The zero-order chi connectivity index (χ0) is 30.7. The third kappa shape index (κ3) is 7.42. The molecule has 4 aromatic rings. The van der Waals surface area contributed by atoms with E-state index in [4.69, 9.17) is 14.6 Å². The van der Waals surface area contributed by atoms with E-state index >= 15 is 0 Å². The monoisotopic (exact) mass is 629 g/mol. The minimum absolute atomic E-state index is 0.0564. The van der Waals surface area contributed by atoms with Crippen LogP contribution in [0.1, 0.15) is 16.7 Å². The van der Waals surface area contributed by atoms with Gasteiger partial charge in [-0.15, -0.1) is 5.10 Å². The Morgan fingerprint density at radius 1 is 0.833 bits per heavy atom. The number of rotatable bonds is 12. The van der Waals surface area contributed by atoms with Gasteiger partial charge in [0, 0.05) is 13.6 Å². The van der Waals surface area contributed by atoms with Crippen LogP contribution in [0.15, 0.2) is 70.5 Å². The van der Waals surface area contributed by atoms with E-state index in [0.717, 1.165) is 11.1 Å². The Hall–Kier alpha value is -3.59. The molecule has 0 aliphatic rings. The number of benzene rings is 3. The summed E-state index contributed by atoms with van der Waals surface area (Å²) in [5, 5.41) is 17.9. The lowest BCUT2D eigenvalue weighted by molar-refractivity contribution is 0.414. The summed E-state index contributed by atoms with van der Waals surface area (Å²) in [7, 11) is -7.24. The molecule has 0 saturated carbocycles. The summed E-state index contributed by atoms with van der Waals surface area (Å²) in [6.45, 7) is 6.35. The number of primary sulfonamides is 1. The highest BCUT2D eigenvalue weighted by Crippen LogP contribution is 2.36. The molecule has 0 saturated heterocycles. The average molecular weight is 630 g/mol. The third-order valence-electron chi connectivity index (χ3n) is 6.75. The number of hydrogen-bond donors (Lipinski definition) is 1. The van der Waals surface area contributed by atoms with Gasteiger partial charge in [-0.2, -0.15) is 0 Å². The van der Waals surface area contributed by atoms with Crippen molar-refractivity contribution in [2.45, 2.75) is 48.4 Å². The van der Waals surface area contributed by atoms with Gasteiger partial charge in [-0.25, -0.2) is 26.7 Å². The van der Waals surface area contributed by atoms with Crippen LogP contribution < -0.4 is 14.6 Å². The molecule has 3 aromatic carbocycles. The number of sulfonamides is 1. The zero-order valence-corrected chi connectivity index (χ0v) is 26.9. The molecule has 0 atom stereocenters. The van der Waals surface area contributed by atoms with E-state index in [1.807, 2.05) is 24.3 Å². The van der Waals surface area contributed by atoms with Crippen molar-refractivity contribution in [2.24, 2.45) is 5.14 Å². The lowest BCUT2D eigenvalue weighted by atomic mass is 9.99. The molecule has 2 N–H and O–H groups in total. The molecule has 0 unspecified atom stereocenters. The lowest BCUT2D eigenvalue weighted by Gasteiger charge is -2.19. The number of ether oxygens (including phenoxy) is 2. The molecule has 224 valence electrons. The van der Waals surface area contributed by atoms with Gasteiger partial charge < -0.3 is 9.47 Å². The molecule has 11 nitrogen and oxygen atoms in total. The Balaban J connectivity index is 1.93. The van der Waals surface area contributed by atoms with Crippen LogP contribution >= 0.6 is 0 Å². The Labute approximate surface area is 247 Å². The van der Waals surface area contributed by atoms with Crippen LogP contribution in [0.5, 0.6) is 11.5 Å². The summed E-state index contributed by atoms with van der Waals surface area (Å²) in [5.74, 6) is 1.22. The maximum absolute atomic E-state index is 13.7. The highest BCUT2D eigenvalue weighted by molar-refractivity contribution is 7.93. The molecule has 0 spiro atoms. The van der Waals surface area contributed by atoms with Crippen LogP contribution in [-0.2, 0) is 32.8 Å². The average Bonchev–Trinajstić information content (AvgIpc) is 3.39. The summed E-state index contributed by atoms with van der Waals surface area (Å²) in [6.07, 6.45) is 0.256. The summed E-state index contributed by atoms with van der Waals surface area (Å²) in [6, 6.07) is 17.9. The Morgan fingerprint density at radius 3 is 1.93 bits per heavy atom. The number of methoxy groups -OCH3 is 2. The Kier molecular flexibility index (Phi) is 9.20. The number of tetrazole rings is 1. The highest BCUT2D eigenvalue weighted by Gasteiger charge is 2.33. The number of nitrogens with two attached hydrogens (primary N) is 1. The zero-order valence-electron chi connectivity index (χ0n) is 24.2. The summed E-state index contributed by atoms with van der Waals surface area (Å²) in [4.78, 5) is -0.856. The summed E-state index contributed by atoms with van der Waals surface area (Å²) in [5.41, 5.74) is 2.21. The van der Waals surface area contributed by atoms with Crippen molar-refractivity contribution >= 4 is 27.9 Å². The van der Waals surface area contributed by atoms with Crippen molar-refractivity contribution < 1.29 is 26.3 Å². The quantitative estimate of drug-likeness (QED) is 0.231. The second-order valence-corrected chi connectivity index (χ2v) is 20.3. The van der Waals surface area contributed by atoms with Crippen molar-refractivity contribution in [1.29, 1.82) is 0 Å². The second-order valence-electron chi connectivity index (χ2n) is 11.1. The smallest absolute Gasteiger partial charge is 0.240 e. The van der Waals surface area contributed by atoms with Crippen molar-refractivity contribution in [1.82, 2.24) is 20.2 Å². The van der Waals surface area contributed by atoms with Crippen LogP contribution in [0.3, 0.4) is 0 Å². The van der Waals surface area contributed by atoms with Crippen LogP contribution in [0.2, 0.25) is 25.7 Å². The first-order valence-electron chi connectivity index (χ1n) is 13.2. The predicted octanol–water partition coefficient (Wildman–Crippen LogP) is 3.76. The molecule has 14 heteroatoms. The van der Waals surface area contributed by atoms with Gasteiger partial charge in [0.05, 0.1) is 31.4 Å². The van der Waals surface area contributed by atoms with Gasteiger partial charge in [-0.3, -0.25) is 0 Å². The van der Waals surface area contributed by atoms with Gasteiger partial charge in [0.25, 0.3) is 0 Å². The fourth-order valence-electron chi connectivity index (χ4n) is 4.43. The molecule has 0 aliphatic carbocycles. The van der Waals surface area contributed by atoms with Crippen molar-refractivity contribution in [2.75, 3.05) is 20.0 Å². The number of sulfone groups is 1. The van der Waals surface area contributed by atoms with Crippen LogP contribution in [-0.4, -0.2) is 65.1 Å². The molecule has 4 rings (SSSR count). The van der Waals surface area contributed by atoms with Crippen molar-refractivity contribution in [3.63, 3.8) is 0 Å². The normalized spacial score (nSPS) is 12.3. The topological polar surface area (TPSA) is 156 Å². The Bertz CT molecular complexity index is 1770. The van der Waals surface area contributed by atoms with Gasteiger partial charge >= 0.3 is 0 Å². The van der Waals surface area contributed by atoms with E-state index in [9.17, 15) is 16.8 Å². The van der Waals surface area contributed by atoms with E-state index < -0.39 is 32.8 Å². The molecule has 0 amide bonds. The third-order valence-corrected chi connectivity index (χ3v) is 11.7. The lowest BCUT2D eigenvalue weighted by Crippen LogP contribution is -2.26. The molecule has 0 radical (unpaired) electrons. The van der Waals surface area contributed by atoms with E-state index in [1.54, 1.807) is 44.6 Å². The molecule has 0 bridgehead atoms.